The van der Waals surface area contributed by atoms with Gasteiger partial charge in [-0.05, 0) is 13.8 Å². The van der Waals surface area contributed by atoms with Gasteiger partial charge < -0.3 is 15.6 Å². The van der Waals surface area contributed by atoms with Crippen LogP contribution in [0.1, 0.15) is 20.3 Å². The molecule has 3 N–H and O–H groups in total. The van der Waals surface area contributed by atoms with Gasteiger partial charge in [-0.15, -0.1) is 0 Å². The van der Waals surface area contributed by atoms with Gasteiger partial charge in [0.25, 0.3) is 6.43 Å². The second-order valence-electron chi connectivity index (χ2n) is 3.44. The summed E-state index contributed by atoms with van der Waals surface area (Å²) in [5.41, 5.74) is 4.22. The molecular weight excluding hydrogens is 180 g/mol. The van der Waals surface area contributed by atoms with Crippen LogP contribution in [0.4, 0.5) is 8.78 Å². The molecule has 0 saturated heterocycles. The summed E-state index contributed by atoms with van der Waals surface area (Å²) in [7, 11) is 0. The number of aliphatic hydroxyl groups is 1. The van der Waals surface area contributed by atoms with Crippen LogP contribution in [0, 0.1) is 0 Å². The van der Waals surface area contributed by atoms with Gasteiger partial charge in [-0.2, -0.15) is 0 Å². The third kappa shape index (κ3) is 6.86. The molecule has 0 saturated carbocycles. The summed E-state index contributed by atoms with van der Waals surface area (Å²) in [5, 5.41) is 9.47. The summed E-state index contributed by atoms with van der Waals surface area (Å²) in [6.07, 6.45) is -2.62. The van der Waals surface area contributed by atoms with Crippen molar-refractivity contribution in [3.05, 3.63) is 0 Å². The highest BCUT2D eigenvalue weighted by molar-refractivity contribution is 4.76. The van der Waals surface area contributed by atoms with Gasteiger partial charge in [0, 0.05) is 13.0 Å². The van der Waals surface area contributed by atoms with Crippen molar-refractivity contribution in [1.82, 2.24) is 0 Å². The van der Waals surface area contributed by atoms with Gasteiger partial charge in [-0.25, -0.2) is 8.78 Å². The molecule has 0 fully saturated rings. The SMILES string of the molecule is CC(CC(C)(O)CN)OCC(F)F. The summed E-state index contributed by atoms with van der Waals surface area (Å²) in [5.74, 6) is 0. The van der Waals surface area contributed by atoms with E-state index in [4.69, 9.17) is 10.5 Å². The average molecular weight is 197 g/mol. The van der Waals surface area contributed by atoms with Crippen LogP contribution in [0.25, 0.3) is 0 Å². The number of hydrogen-bond acceptors (Lipinski definition) is 3. The Labute approximate surface area is 76.9 Å². The normalized spacial score (nSPS) is 18.7. The molecule has 80 valence electrons. The van der Waals surface area contributed by atoms with Crippen molar-refractivity contribution in [2.45, 2.75) is 38.4 Å². The van der Waals surface area contributed by atoms with E-state index in [2.05, 4.69) is 0 Å². The number of ether oxygens (including phenoxy) is 1. The molecule has 2 atom stereocenters. The minimum absolute atomic E-state index is 0.0926. The Morgan fingerprint density at radius 1 is 1.54 bits per heavy atom. The second-order valence-corrected chi connectivity index (χ2v) is 3.44. The number of nitrogens with two attached hydrogens (primary N) is 1. The van der Waals surface area contributed by atoms with Crippen LogP contribution in [0.2, 0.25) is 0 Å². The molecule has 0 bridgehead atoms. The highest BCUT2D eigenvalue weighted by Gasteiger charge is 2.22. The van der Waals surface area contributed by atoms with Crippen LogP contribution in [-0.2, 0) is 4.74 Å². The third-order valence-corrected chi connectivity index (χ3v) is 1.67. The standard InChI is InChI=1S/C8H17F2NO2/c1-6(13-4-7(9)10)3-8(2,12)5-11/h6-7,12H,3-5,11H2,1-2H3. The fraction of sp³-hybridized carbons (Fsp3) is 1.00. The van der Waals surface area contributed by atoms with E-state index in [0.717, 1.165) is 0 Å². The largest absolute Gasteiger partial charge is 0.389 e. The van der Waals surface area contributed by atoms with E-state index < -0.39 is 24.7 Å². The van der Waals surface area contributed by atoms with E-state index in [1.807, 2.05) is 0 Å². The predicted octanol–water partition coefficient (Wildman–Crippen LogP) is 0.756. The Morgan fingerprint density at radius 2 is 2.08 bits per heavy atom. The van der Waals surface area contributed by atoms with Gasteiger partial charge in [0.1, 0.15) is 6.61 Å². The number of alkyl halides is 2. The fourth-order valence-electron chi connectivity index (χ4n) is 0.999. The molecular formula is C8H17F2NO2. The lowest BCUT2D eigenvalue weighted by Gasteiger charge is -2.24. The lowest BCUT2D eigenvalue weighted by molar-refractivity contribution is -0.0530. The first-order valence-corrected chi connectivity index (χ1v) is 4.19. The monoisotopic (exact) mass is 197 g/mol. The zero-order valence-corrected chi connectivity index (χ0v) is 7.96. The zero-order chi connectivity index (χ0) is 10.5. The fourth-order valence-corrected chi connectivity index (χ4v) is 0.999. The highest BCUT2D eigenvalue weighted by Crippen LogP contribution is 2.13. The highest BCUT2D eigenvalue weighted by atomic mass is 19.3. The molecule has 0 aliphatic rings. The molecule has 0 aromatic heterocycles. The maximum absolute atomic E-state index is 11.7. The van der Waals surface area contributed by atoms with E-state index >= 15 is 0 Å². The Hall–Kier alpha value is -0.260. The minimum atomic E-state index is -2.47. The van der Waals surface area contributed by atoms with E-state index in [9.17, 15) is 13.9 Å². The predicted molar refractivity (Wildman–Crippen MR) is 45.7 cm³/mol. The van der Waals surface area contributed by atoms with Crippen molar-refractivity contribution < 1.29 is 18.6 Å². The van der Waals surface area contributed by atoms with Crippen LogP contribution in [0.3, 0.4) is 0 Å². The van der Waals surface area contributed by atoms with Crippen molar-refractivity contribution in [3.8, 4) is 0 Å². The molecule has 0 heterocycles. The third-order valence-electron chi connectivity index (χ3n) is 1.67. The molecule has 0 amide bonds. The van der Waals surface area contributed by atoms with Crippen molar-refractivity contribution >= 4 is 0 Å². The zero-order valence-electron chi connectivity index (χ0n) is 7.96. The molecule has 5 heteroatoms. The molecule has 0 aromatic rings. The molecule has 0 aliphatic carbocycles. The van der Waals surface area contributed by atoms with Crippen LogP contribution in [-0.4, -0.2) is 36.4 Å². The van der Waals surface area contributed by atoms with Gasteiger partial charge in [0.2, 0.25) is 0 Å². The Morgan fingerprint density at radius 3 is 2.46 bits per heavy atom. The first kappa shape index (κ1) is 12.7. The Balaban J connectivity index is 3.67. The molecule has 2 unspecified atom stereocenters. The van der Waals surface area contributed by atoms with Gasteiger partial charge in [-0.3, -0.25) is 0 Å². The average Bonchev–Trinajstić information content (AvgIpc) is 2.00. The van der Waals surface area contributed by atoms with Crippen LogP contribution in [0.5, 0.6) is 0 Å². The minimum Gasteiger partial charge on any atom is -0.389 e. The van der Waals surface area contributed by atoms with Crippen LogP contribution in [0.15, 0.2) is 0 Å². The molecule has 13 heavy (non-hydrogen) atoms. The molecule has 0 rings (SSSR count). The number of hydrogen-bond donors (Lipinski definition) is 2. The topological polar surface area (TPSA) is 55.5 Å². The molecule has 0 spiro atoms. The second kappa shape index (κ2) is 5.47. The van der Waals surface area contributed by atoms with Crippen molar-refractivity contribution in [2.75, 3.05) is 13.2 Å². The Kier molecular flexibility index (Phi) is 5.36. The summed E-state index contributed by atoms with van der Waals surface area (Å²) >= 11 is 0. The summed E-state index contributed by atoms with van der Waals surface area (Å²) in [6, 6.07) is 0. The van der Waals surface area contributed by atoms with Crippen molar-refractivity contribution in [3.63, 3.8) is 0 Å². The molecule has 0 aliphatic heterocycles. The van der Waals surface area contributed by atoms with Gasteiger partial charge in [-0.1, -0.05) is 0 Å². The summed E-state index contributed by atoms with van der Waals surface area (Å²) in [6.45, 7) is 2.68. The van der Waals surface area contributed by atoms with E-state index in [0.29, 0.717) is 0 Å². The van der Waals surface area contributed by atoms with Crippen molar-refractivity contribution in [1.29, 1.82) is 0 Å². The maximum Gasteiger partial charge on any atom is 0.261 e. The van der Waals surface area contributed by atoms with Crippen molar-refractivity contribution in [2.24, 2.45) is 5.73 Å². The summed E-state index contributed by atoms with van der Waals surface area (Å²) < 4.78 is 28.2. The Bertz CT molecular complexity index is 142. The lowest BCUT2D eigenvalue weighted by atomic mass is 10.00. The summed E-state index contributed by atoms with van der Waals surface area (Å²) in [4.78, 5) is 0. The number of rotatable bonds is 6. The quantitative estimate of drug-likeness (QED) is 0.660. The molecule has 0 radical (unpaired) electrons. The van der Waals surface area contributed by atoms with E-state index in [-0.39, 0.29) is 13.0 Å². The smallest absolute Gasteiger partial charge is 0.261 e. The molecule has 3 nitrogen and oxygen atoms in total. The van der Waals surface area contributed by atoms with Gasteiger partial charge in [0.05, 0.1) is 11.7 Å². The van der Waals surface area contributed by atoms with Gasteiger partial charge in [0.15, 0.2) is 0 Å². The van der Waals surface area contributed by atoms with Gasteiger partial charge >= 0.3 is 0 Å². The maximum atomic E-state index is 11.7. The van der Waals surface area contributed by atoms with Crippen LogP contribution >= 0.6 is 0 Å². The first-order chi connectivity index (χ1) is 5.87. The van der Waals surface area contributed by atoms with E-state index in [1.54, 1.807) is 13.8 Å². The van der Waals surface area contributed by atoms with E-state index in [1.165, 1.54) is 0 Å². The first-order valence-electron chi connectivity index (χ1n) is 4.19. The lowest BCUT2D eigenvalue weighted by Crippen LogP contribution is -2.38. The van der Waals surface area contributed by atoms with Crippen LogP contribution < -0.4 is 5.73 Å². The number of halogens is 2. The molecule has 0 aromatic carbocycles.